The number of carbonyl (C=O) groups is 1. The molecule has 0 radical (unpaired) electrons. The Morgan fingerprint density at radius 3 is 2.84 bits per heavy atom. The maximum Gasteiger partial charge on any atom is 0.230 e. The summed E-state index contributed by atoms with van der Waals surface area (Å²) in [6, 6.07) is 15.5. The van der Waals surface area contributed by atoms with Crippen molar-refractivity contribution in [3.8, 4) is 5.69 Å². The van der Waals surface area contributed by atoms with Crippen molar-refractivity contribution in [1.82, 2.24) is 19.7 Å². The Labute approximate surface area is 193 Å². The molecule has 0 bridgehead atoms. The van der Waals surface area contributed by atoms with E-state index in [1.54, 1.807) is 18.2 Å². The fourth-order valence-electron chi connectivity index (χ4n) is 3.16. The SMILES string of the molecule is CCc1ccccc1N(C(C)=O)c1nc(CSc2nncn2-c2cccc(Cl)c2)cs1. The van der Waals surface area contributed by atoms with Crippen molar-refractivity contribution in [3.05, 3.63) is 76.5 Å². The highest BCUT2D eigenvalue weighted by molar-refractivity contribution is 7.98. The standard InChI is InChI=1S/C22H20ClN5OS2/c1-3-16-7-4-5-10-20(16)28(15(2)29)21-25-18(12-30-21)13-31-22-26-24-14-27(22)19-9-6-8-17(23)11-19/h4-12,14H,3,13H2,1-2H3. The molecule has 2 aromatic heterocycles. The number of para-hydroxylation sites is 1. The van der Waals surface area contributed by atoms with Gasteiger partial charge in [-0.1, -0.05) is 54.6 Å². The number of hydrogen-bond acceptors (Lipinski definition) is 6. The quantitative estimate of drug-likeness (QED) is 0.314. The zero-order valence-electron chi connectivity index (χ0n) is 17.0. The van der Waals surface area contributed by atoms with E-state index in [1.165, 1.54) is 23.1 Å². The summed E-state index contributed by atoms with van der Waals surface area (Å²) in [7, 11) is 0. The molecule has 4 rings (SSSR count). The summed E-state index contributed by atoms with van der Waals surface area (Å²) in [5.41, 5.74) is 3.77. The molecule has 0 aliphatic rings. The Balaban J connectivity index is 1.54. The molecule has 2 heterocycles. The van der Waals surface area contributed by atoms with Crippen LogP contribution in [0.25, 0.3) is 5.69 Å². The molecule has 6 nitrogen and oxygen atoms in total. The van der Waals surface area contributed by atoms with E-state index in [0.717, 1.165) is 34.2 Å². The Morgan fingerprint density at radius 2 is 2.06 bits per heavy atom. The normalized spacial score (nSPS) is 10.9. The second-order valence-electron chi connectivity index (χ2n) is 6.71. The molecule has 9 heteroatoms. The Morgan fingerprint density at radius 1 is 1.23 bits per heavy atom. The van der Waals surface area contributed by atoms with E-state index in [2.05, 4.69) is 17.1 Å². The highest BCUT2D eigenvalue weighted by Crippen LogP contribution is 2.33. The highest BCUT2D eigenvalue weighted by Gasteiger charge is 2.20. The average Bonchev–Trinajstić information content (AvgIpc) is 3.42. The fraction of sp³-hybridized carbons (Fsp3) is 0.182. The predicted octanol–water partition coefficient (Wildman–Crippen LogP) is 5.92. The monoisotopic (exact) mass is 469 g/mol. The van der Waals surface area contributed by atoms with Crippen LogP contribution in [0.4, 0.5) is 10.8 Å². The number of amides is 1. The van der Waals surface area contributed by atoms with Gasteiger partial charge in [0.2, 0.25) is 5.91 Å². The number of aromatic nitrogens is 4. The molecule has 1 amide bonds. The van der Waals surface area contributed by atoms with Gasteiger partial charge in [-0.15, -0.1) is 21.5 Å². The van der Waals surface area contributed by atoms with Crippen LogP contribution in [0.1, 0.15) is 25.1 Å². The molecule has 0 aliphatic heterocycles. The number of thiazole rings is 1. The first-order chi connectivity index (χ1) is 15.1. The van der Waals surface area contributed by atoms with Crippen molar-refractivity contribution >= 4 is 51.4 Å². The summed E-state index contributed by atoms with van der Waals surface area (Å²) in [6.45, 7) is 3.65. The van der Waals surface area contributed by atoms with Gasteiger partial charge in [-0.05, 0) is 36.2 Å². The molecule has 2 aromatic carbocycles. The second-order valence-corrected chi connectivity index (χ2v) is 8.93. The van der Waals surface area contributed by atoms with Gasteiger partial charge in [-0.2, -0.15) is 0 Å². The molecular weight excluding hydrogens is 450 g/mol. The summed E-state index contributed by atoms with van der Waals surface area (Å²) in [4.78, 5) is 18.9. The molecular formula is C22H20ClN5OS2. The molecule has 158 valence electrons. The van der Waals surface area contributed by atoms with Crippen molar-refractivity contribution in [2.75, 3.05) is 4.90 Å². The summed E-state index contributed by atoms with van der Waals surface area (Å²) in [5, 5.41) is 12.3. The van der Waals surface area contributed by atoms with Crippen LogP contribution in [-0.2, 0) is 17.0 Å². The number of anilines is 2. The highest BCUT2D eigenvalue weighted by atomic mass is 35.5. The van der Waals surface area contributed by atoms with Gasteiger partial charge in [0.1, 0.15) is 6.33 Å². The third-order valence-corrected chi connectivity index (χ3v) is 6.70. The number of nitrogens with zero attached hydrogens (tertiary/aromatic N) is 5. The first-order valence-electron chi connectivity index (χ1n) is 9.68. The van der Waals surface area contributed by atoms with Crippen LogP contribution in [0, 0.1) is 0 Å². The minimum absolute atomic E-state index is 0.0600. The van der Waals surface area contributed by atoms with Crippen LogP contribution in [0.5, 0.6) is 0 Å². The zero-order chi connectivity index (χ0) is 21.8. The molecule has 0 atom stereocenters. The van der Waals surface area contributed by atoms with Crippen LogP contribution in [0.2, 0.25) is 5.02 Å². The van der Waals surface area contributed by atoms with E-state index < -0.39 is 0 Å². The van der Waals surface area contributed by atoms with Crippen molar-refractivity contribution < 1.29 is 4.79 Å². The van der Waals surface area contributed by atoms with Crippen LogP contribution in [0.15, 0.2) is 65.4 Å². The van der Waals surface area contributed by atoms with E-state index >= 15 is 0 Å². The molecule has 0 fully saturated rings. The molecule has 0 unspecified atom stereocenters. The van der Waals surface area contributed by atoms with Gasteiger partial charge in [-0.3, -0.25) is 14.3 Å². The van der Waals surface area contributed by atoms with Gasteiger partial charge in [0.05, 0.1) is 17.1 Å². The van der Waals surface area contributed by atoms with Crippen molar-refractivity contribution in [2.24, 2.45) is 0 Å². The third-order valence-electron chi connectivity index (χ3n) is 4.61. The van der Waals surface area contributed by atoms with Crippen LogP contribution in [-0.4, -0.2) is 25.7 Å². The molecule has 0 spiro atoms. The Hall–Kier alpha value is -2.68. The van der Waals surface area contributed by atoms with Crippen LogP contribution >= 0.6 is 34.7 Å². The van der Waals surface area contributed by atoms with Crippen LogP contribution in [0.3, 0.4) is 0 Å². The minimum atomic E-state index is -0.0600. The lowest BCUT2D eigenvalue weighted by Gasteiger charge is -2.20. The van der Waals surface area contributed by atoms with Gasteiger partial charge in [0.25, 0.3) is 0 Å². The van der Waals surface area contributed by atoms with E-state index in [0.29, 0.717) is 15.9 Å². The molecule has 4 aromatic rings. The number of benzene rings is 2. The number of rotatable bonds is 7. The third kappa shape index (κ3) is 4.81. The number of hydrogen-bond donors (Lipinski definition) is 0. The number of halogens is 1. The molecule has 0 aliphatic carbocycles. The first-order valence-corrected chi connectivity index (χ1v) is 11.9. The second kappa shape index (κ2) is 9.64. The topological polar surface area (TPSA) is 63.9 Å². The number of aryl methyl sites for hydroxylation is 1. The summed E-state index contributed by atoms with van der Waals surface area (Å²) in [5.74, 6) is 0.548. The van der Waals surface area contributed by atoms with E-state index in [1.807, 2.05) is 58.5 Å². The van der Waals surface area contributed by atoms with Gasteiger partial charge < -0.3 is 0 Å². The molecule has 31 heavy (non-hydrogen) atoms. The fourth-order valence-corrected chi connectivity index (χ4v) is 5.16. The molecule has 0 N–H and O–H groups in total. The van der Waals surface area contributed by atoms with Crippen LogP contribution < -0.4 is 4.90 Å². The van der Waals surface area contributed by atoms with Gasteiger partial charge in [0.15, 0.2) is 10.3 Å². The van der Waals surface area contributed by atoms with Crippen molar-refractivity contribution in [2.45, 2.75) is 31.2 Å². The first kappa shape index (κ1) is 21.5. The molecule has 0 saturated heterocycles. The lowest BCUT2D eigenvalue weighted by atomic mass is 10.1. The maximum atomic E-state index is 12.5. The maximum absolute atomic E-state index is 12.5. The van der Waals surface area contributed by atoms with Gasteiger partial charge in [0, 0.05) is 23.1 Å². The largest absolute Gasteiger partial charge is 0.277 e. The smallest absolute Gasteiger partial charge is 0.230 e. The van der Waals surface area contributed by atoms with E-state index in [4.69, 9.17) is 16.6 Å². The predicted molar refractivity (Wildman–Crippen MR) is 127 cm³/mol. The summed E-state index contributed by atoms with van der Waals surface area (Å²) >= 11 is 9.11. The number of carbonyl (C=O) groups excluding carboxylic acids is 1. The number of thioether (sulfide) groups is 1. The van der Waals surface area contributed by atoms with Gasteiger partial charge >= 0.3 is 0 Å². The summed E-state index contributed by atoms with van der Waals surface area (Å²) < 4.78 is 1.89. The lowest BCUT2D eigenvalue weighted by Crippen LogP contribution is -2.23. The zero-order valence-corrected chi connectivity index (χ0v) is 19.4. The van der Waals surface area contributed by atoms with Crippen molar-refractivity contribution in [1.29, 1.82) is 0 Å². The lowest BCUT2D eigenvalue weighted by molar-refractivity contribution is -0.115. The summed E-state index contributed by atoms with van der Waals surface area (Å²) in [6.07, 6.45) is 2.51. The Bertz CT molecular complexity index is 1210. The van der Waals surface area contributed by atoms with Crippen molar-refractivity contribution in [3.63, 3.8) is 0 Å². The van der Waals surface area contributed by atoms with Gasteiger partial charge in [-0.25, -0.2) is 4.98 Å². The van der Waals surface area contributed by atoms with E-state index in [9.17, 15) is 4.79 Å². The Kier molecular flexibility index (Phi) is 6.70. The van der Waals surface area contributed by atoms with E-state index in [-0.39, 0.29) is 5.91 Å². The average molecular weight is 470 g/mol. The molecule has 0 saturated carbocycles. The minimum Gasteiger partial charge on any atom is -0.277 e.